The molecule has 0 aliphatic rings. The molecule has 0 fully saturated rings. The van der Waals surface area contributed by atoms with Gasteiger partial charge in [-0.25, -0.2) is 4.98 Å². The molecule has 1 amide bonds. The predicted octanol–water partition coefficient (Wildman–Crippen LogP) is 3.68. The van der Waals surface area contributed by atoms with Gasteiger partial charge in [-0.15, -0.1) is 11.3 Å². The van der Waals surface area contributed by atoms with Crippen molar-refractivity contribution in [3.63, 3.8) is 0 Å². The molecular weight excluding hydrogens is 282 g/mol. The fourth-order valence-corrected chi connectivity index (χ4v) is 2.36. The van der Waals surface area contributed by atoms with Crippen molar-refractivity contribution in [3.8, 4) is 0 Å². The zero-order valence-corrected chi connectivity index (χ0v) is 12.2. The first-order valence-corrected chi connectivity index (χ1v) is 7.09. The Kier molecular flexibility index (Phi) is 4.39. The number of carbonyl (C=O) groups excluding carboxylic acids is 1. The van der Waals surface area contributed by atoms with Gasteiger partial charge in [0.1, 0.15) is 5.69 Å². The first-order valence-electron chi connectivity index (χ1n) is 5.83. The Morgan fingerprint density at radius 1 is 1.42 bits per heavy atom. The quantitative estimate of drug-likeness (QED) is 0.905. The standard InChI is InChI=1S/C13H14ClN3OS/c1-8(2)15-12(18)11-7-19-13(17-11)16-10-5-3-4-9(14)6-10/h3-8H,1-2H3,(H,15,18)(H,16,17). The zero-order valence-electron chi connectivity index (χ0n) is 10.6. The Labute approximate surface area is 120 Å². The van der Waals surface area contributed by atoms with Gasteiger partial charge in [0.05, 0.1) is 0 Å². The highest BCUT2D eigenvalue weighted by atomic mass is 35.5. The highest BCUT2D eigenvalue weighted by Gasteiger charge is 2.11. The van der Waals surface area contributed by atoms with Gasteiger partial charge in [0.25, 0.3) is 5.91 Å². The summed E-state index contributed by atoms with van der Waals surface area (Å²) in [7, 11) is 0. The van der Waals surface area contributed by atoms with Crippen LogP contribution in [0.15, 0.2) is 29.6 Å². The number of hydrogen-bond donors (Lipinski definition) is 2. The van der Waals surface area contributed by atoms with E-state index in [0.717, 1.165) is 5.69 Å². The summed E-state index contributed by atoms with van der Waals surface area (Å²) in [6, 6.07) is 7.44. The van der Waals surface area contributed by atoms with Crippen molar-refractivity contribution in [2.75, 3.05) is 5.32 Å². The minimum absolute atomic E-state index is 0.0959. The minimum Gasteiger partial charge on any atom is -0.349 e. The van der Waals surface area contributed by atoms with E-state index in [1.807, 2.05) is 26.0 Å². The lowest BCUT2D eigenvalue weighted by molar-refractivity contribution is 0.0939. The molecule has 0 radical (unpaired) electrons. The third kappa shape index (κ3) is 3.94. The number of carbonyl (C=O) groups is 1. The number of nitrogens with one attached hydrogen (secondary N) is 2. The van der Waals surface area contributed by atoms with Gasteiger partial charge < -0.3 is 10.6 Å². The molecule has 0 saturated carbocycles. The third-order valence-electron chi connectivity index (χ3n) is 2.23. The molecule has 0 bridgehead atoms. The molecule has 2 N–H and O–H groups in total. The highest BCUT2D eigenvalue weighted by molar-refractivity contribution is 7.14. The fraction of sp³-hybridized carbons (Fsp3) is 0.231. The van der Waals surface area contributed by atoms with Crippen LogP contribution in [0.2, 0.25) is 5.02 Å². The molecule has 2 aromatic rings. The Hall–Kier alpha value is -1.59. The van der Waals surface area contributed by atoms with E-state index >= 15 is 0 Å². The second kappa shape index (κ2) is 6.04. The van der Waals surface area contributed by atoms with Gasteiger partial charge >= 0.3 is 0 Å². The summed E-state index contributed by atoms with van der Waals surface area (Å²) in [6.07, 6.45) is 0. The van der Waals surface area contributed by atoms with Gasteiger partial charge in [-0.2, -0.15) is 0 Å². The van der Waals surface area contributed by atoms with Gasteiger partial charge in [0.15, 0.2) is 5.13 Å². The number of aromatic nitrogens is 1. The number of benzene rings is 1. The van der Waals surface area contributed by atoms with Gasteiger partial charge in [-0.1, -0.05) is 17.7 Å². The third-order valence-corrected chi connectivity index (χ3v) is 3.23. The molecule has 0 spiro atoms. The van der Waals surface area contributed by atoms with Crippen LogP contribution in [0.3, 0.4) is 0 Å². The Morgan fingerprint density at radius 3 is 2.89 bits per heavy atom. The van der Waals surface area contributed by atoms with E-state index in [0.29, 0.717) is 15.8 Å². The second-order valence-corrected chi connectivity index (χ2v) is 5.60. The number of anilines is 2. The molecule has 0 saturated heterocycles. The van der Waals surface area contributed by atoms with Gasteiger partial charge in [-0.3, -0.25) is 4.79 Å². The lowest BCUT2D eigenvalue weighted by atomic mass is 10.3. The maximum absolute atomic E-state index is 11.8. The second-order valence-electron chi connectivity index (χ2n) is 4.30. The van der Waals surface area contributed by atoms with Crippen LogP contribution in [0.5, 0.6) is 0 Å². The van der Waals surface area contributed by atoms with Crippen molar-refractivity contribution in [1.29, 1.82) is 0 Å². The van der Waals surface area contributed by atoms with Crippen LogP contribution in [-0.2, 0) is 0 Å². The van der Waals surface area contributed by atoms with Gasteiger partial charge in [0, 0.05) is 22.1 Å². The van der Waals surface area contributed by atoms with E-state index in [2.05, 4.69) is 15.6 Å². The molecule has 1 aromatic carbocycles. The van der Waals surface area contributed by atoms with Gasteiger partial charge in [0.2, 0.25) is 0 Å². The van der Waals surface area contributed by atoms with Crippen LogP contribution in [0, 0.1) is 0 Å². The topological polar surface area (TPSA) is 54.0 Å². The van der Waals surface area contributed by atoms with Gasteiger partial charge in [-0.05, 0) is 32.0 Å². The molecule has 100 valence electrons. The Balaban J connectivity index is 2.07. The Morgan fingerprint density at radius 2 is 2.21 bits per heavy atom. The van der Waals surface area contributed by atoms with E-state index in [1.54, 1.807) is 17.5 Å². The fourth-order valence-electron chi connectivity index (χ4n) is 1.46. The van der Waals surface area contributed by atoms with E-state index in [1.165, 1.54) is 11.3 Å². The zero-order chi connectivity index (χ0) is 13.8. The van der Waals surface area contributed by atoms with E-state index in [4.69, 9.17) is 11.6 Å². The van der Waals surface area contributed by atoms with Crippen LogP contribution >= 0.6 is 22.9 Å². The van der Waals surface area contributed by atoms with Crippen LogP contribution < -0.4 is 10.6 Å². The van der Waals surface area contributed by atoms with E-state index in [-0.39, 0.29) is 11.9 Å². The molecule has 6 heteroatoms. The molecule has 1 aromatic heterocycles. The maximum Gasteiger partial charge on any atom is 0.271 e. The molecule has 0 atom stereocenters. The van der Waals surface area contributed by atoms with Crippen molar-refractivity contribution in [2.45, 2.75) is 19.9 Å². The minimum atomic E-state index is -0.162. The normalized spacial score (nSPS) is 10.5. The van der Waals surface area contributed by atoms with Crippen LogP contribution in [0.4, 0.5) is 10.8 Å². The predicted molar refractivity (Wildman–Crippen MR) is 79.5 cm³/mol. The number of hydrogen-bond acceptors (Lipinski definition) is 4. The monoisotopic (exact) mass is 295 g/mol. The largest absolute Gasteiger partial charge is 0.349 e. The number of rotatable bonds is 4. The Bertz CT molecular complexity index is 583. The van der Waals surface area contributed by atoms with Crippen LogP contribution in [0.25, 0.3) is 0 Å². The first kappa shape index (κ1) is 13.8. The summed E-state index contributed by atoms with van der Waals surface area (Å²) in [6.45, 7) is 3.82. The number of halogens is 1. The first-order chi connectivity index (χ1) is 9.04. The maximum atomic E-state index is 11.8. The smallest absolute Gasteiger partial charge is 0.271 e. The SMILES string of the molecule is CC(C)NC(=O)c1csc(Nc2cccc(Cl)c2)n1. The molecule has 0 aliphatic heterocycles. The van der Waals surface area contributed by atoms with Crippen molar-refractivity contribution in [1.82, 2.24) is 10.3 Å². The summed E-state index contributed by atoms with van der Waals surface area (Å²) in [5.41, 5.74) is 1.26. The molecule has 0 aliphatic carbocycles. The van der Waals surface area contributed by atoms with Crippen molar-refractivity contribution >= 4 is 39.7 Å². The lowest BCUT2D eigenvalue weighted by Crippen LogP contribution is -2.30. The molecular formula is C13H14ClN3OS. The summed E-state index contributed by atoms with van der Waals surface area (Å²) in [5, 5.41) is 8.96. The molecule has 0 unspecified atom stereocenters. The number of thiazole rings is 1. The summed E-state index contributed by atoms with van der Waals surface area (Å²) in [4.78, 5) is 16.0. The summed E-state index contributed by atoms with van der Waals surface area (Å²) < 4.78 is 0. The van der Waals surface area contributed by atoms with Crippen molar-refractivity contribution in [2.24, 2.45) is 0 Å². The van der Waals surface area contributed by atoms with Crippen LogP contribution in [-0.4, -0.2) is 16.9 Å². The van der Waals surface area contributed by atoms with Crippen molar-refractivity contribution in [3.05, 3.63) is 40.4 Å². The molecule has 4 nitrogen and oxygen atoms in total. The number of nitrogens with zero attached hydrogens (tertiary/aromatic N) is 1. The molecule has 19 heavy (non-hydrogen) atoms. The molecule has 2 rings (SSSR count). The van der Waals surface area contributed by atoms with E-state index < -0.39 is 0 Å². The number of amides is 1. The highest BCUT2D eigenvalue weighted by Crippen LogP contribution is 2.23. The van der Waals surface area contributed by atoms with Crippen molar-refractivity contribution < 1.29 is 4.79 Å². The summed E-state index contributed by atoms with van der Waals surface area (Å²) >= 11 is 7.28. The lowest BCUT2D eigenvalue weighted by Gasteiger charge is -2.05. The van der Waals surface area contributed by atoms with E-state index in [9.17, 15) is 4.79 Å². The summed E-state index contributed by atoms with van der Waals surface area (Å²) in [5.74, 6) is -0.162. The average Bonchev–Trinajstić information content (AvgIpc) is 2.76. The van der Waals surface area contributed by atoms with Crippen LogP contribution in [0.1, 0.15) is 24.3 Å². The average molecular weight is 296 g/mol. The molecule has 1 heterocycles.